The van der Waals surface area contributed by atoms with Crippen LogP contribution in [-0.2, 0) is 11.8 Å². The number of aryl methyl sites for hydroxylation is 1. The van der Waals surface area contributed by atoms with Gasteiger partial charge in [-0.15, -0.1) is 0 Å². The summed E-state index contributed by atoms with van der Waals surface area (Å²) in [6, 6.07) is 14.6. The predicted octanol–water partition coefficient (Wildman–Crippen LogP) is 4.17. The average molecular weight is 392 g/mol. The van der Waals surface area contributed by atoms with E-state index in [1.54, 1.807) is 42.2 Å². The van der Waals surface area contributed by atoms with E-state index in [9.17, 15) is 9.59 Å². The number of carbonyl (C=O) groups excluding carboxylic acids is 2. The molecule has 0 spiro atoms. The number of benzene rings is 2. The van der Waals surface area contributed by atoms with Crippen molar-refractivity contribution < 1.29 is 9.59 Å². The summed E-state index contributed by atoms with van der Waals surface area (Å²) in [5.41, 5.74) is 1.85. The first-order chi connectivity index (χ1) is 13.6. The highest BCUT2D eigenvalue weighted by Crippen LogP contribution is 2.30. The van der Waals surface area contributed by atoms with Gasteiger partial charge >= 0.3 is 0 Å². The fraction of sp³-hybridized carbons (Fsp3) is 0.190. The molecular formula is C21H20N4O2S. The third-order valence-corrected chi connectivity index (χ3v) is 5.52. The van der Waals surface area contributed by atoms with Gasteiger partial charge in [0.15, 0.2) is 5.16 Å². The summed E-state index contributed by atoms with van der Waals surface area (Å²) >= 11 is 1.56. The molecule has 0 radical (unpaired) electrons. The quantitative estimate of drug-likeness (QED) is 0.660. The zero-order valence-corrected chi connectivity index (χ0v) is 16.2. The summed E-state index contributed by atoms with van der Waals surface area (Å²) in [6.07, 6.45) is 5.55. The smallest absolute Gasteiger partial charge is 0.255 e. The summed E-state index contributed by atoms with van der Waals surface area (Å²) in [5.74, 6) is -0.0648. The Labute approximate surface area is 167 Å². The second-order valence-corrected chi connectivity index (χ2v) is 7.79. The number of carbonyl (C=O) groups is 2. The van der Waals surface area contributed by atoms with Crippen LogP contribution < -0.4 is 10.6 Å². The minimum absolute atomic E-state index is 0.0263. The number of aromatic nitrogens is 2. The van der Waals surface area contributed by atoms with Crippen LogP contribution in [0, 0.1) is 5.92 Å². The van der Waals surface area contributed by atoms with Crippen LogP contribution in [0.2, 0.25) is 0 Å². The van der Waals surface area contributed by atoms with Gasteiger partial charge in [-0.2, -0.15) is 0 Å². The molecule has 142 valence electrons. The van der Waals surface area contributed by atoms with E-state index in [0.29, 0.717) is 16.9 Å². The molecule has 2 amide bonds. The number of nitrogens with one attached hydrogen (secondary N) is 2. The highest BCUT2D eigenvalue weighted by atomic mass is 32.2. The average Bonchev–Trinajstić information content (AvgIpc) is 3.47. The van der Waals surface area contributed by atoms with Crippen molar-refractivity contribution in [3.05, 3.63) is 66.5 Å². The van der Waals surface area contributed by atoms with Gasteiger partial charge in [-0.25, -0.2) is 4.98 Å². The normalized spacial score (nSPS) is 13.2. The molecule has 1 aliphatic rings. The topological polar surface area (TPSA) is 76.0 Å². The summed E-state index contributed by atoms with van der Waals surface area (Å²) in [7, 11) is 1.95. The van der Waals surface area contributed by atoms with Crippen molar-refractivity contribution in [2.45, 2.75) is 22.9 Å². The summed E-state index contributed by atoms with van der Waals surface area (Å²) in [6.45, 7) is 0. The lowest BCUT2D eigenvalue weighted by Gasteiger charge is -2.09. The van der Waals surface area contributed by atoms with Gasteiger partial charge in [0.25, 0.3) is 5.91 Å². The van der Waals surface area contributed by atoms with Gasteiger partial charge < -0.3 is 15.2 Å². The molecule has 4 rings (SSSR count). The second-order valence-electron chi connectivity index (χ2n) is 6.75. The van der Waals surface area contributed by atoms with Gasteiger partial charge in [-0.05, 0) is 55.3 Å². The van der Waals surface area contributed by atoms with Crippen molar-refractivity contribution >= 4 is 35.0 Å². The number of anilines is 2. The second kappa shape index (κ2) is 7.90. The molecule has 3 aromatic rings. The van der Waals surface area contributed by atoms with Gasteiger partial charge in [0.05, 0.1) is 0 Å². The van der Waals surface area contributed by atoms with Crippen LogP contribution in [0.25, 0.3) is 0 Å². The molecule has 1 saturated carbocycles. The van der Waals surface area contributed by atoms with E-state index in [1.807, 2.05) is 42.1 Å². The van der Waals surface area contributed by atoms with E-state index in [-0.39, 0.29) is 17.7 Å². The van der Waals surface area contributed by atoms with Gasteiger partial charge in [0, 0.05) is 47.2 Å². The third-order valence-electron chi connectivity index (χ3n) is 4.44. The minimum atomic E-state index is -0.216. The molecule has 0 unspecified atom stereocenters. The maximum absolute atomic E-state index is 12.5. The fourth-order valence-electron chi connectivity index (χ4n) is 2.69. The van der Waals surface area contributed by atoms with Crippen LogP contribution in [0.4, 0.5) is 11.4 Å². The molecule has 1 heterocycles. The van der Waals surface area contributed by atoms with Gasteiger partial charge in [0.1, 0.15) is 0 Å². The molecule has 2 aromatic carbocycles. The molecular weight excluding hydrogens is 372 g/mol. The summed E-state index contributed by atoms with van der Waals surface area (Å²) < 4.78 is 1.95. The van der Waals surface area contributed by atoms with Crippen LogP contribution in [-0.4, -0.2) is 21.4 Å². The number of nitrogens with zero attached hydrogens (tertiary/aromatic N) is 2. The molecule has 6 nitrogen and oxygen atoms in total. The molecule has 1 aliphatic carbocycles. The minimum Gasteiger partial charge on any atom is -0.329 e. The van der Waals surface area contributed by atoms with Crippen LogP contribution in [0.3, 0.4) is 0 Å². The molecule has 7 heteroatoms. The van der Waals surface area contributed by atoms with Crippen molar-refractivity contribution in [2.75, 3.05) is 10.6 Å². The number of amides is 2. The van der Waals surface area contributed by atoms with Crippen molar-refractivity contribution in [1.29, 1.82) is 0 Å². The number of hydrogen-bond acceptors (Lipinski definition) is 4. The predicted molar refractivity (Wildman–Crippen MR) is 110 cm³/mol. The third kappa shape index (κ3) is 4.43. The van der Waals surface area contributed by atoms with Gasteiger partial charge in [-0.1, -0.05) is 17.8 Å². The molecule has 1 fully saturated rings. The Balaban J connectivity index is 1.39. The lowest BCUT2D eigenvalue weighted by atomic mass is 10.1. The number of imidazole rings is 1. The number of rotatable bonds is 6. The first-order valence-electron chi connectivity index (χ1n) is 9.06. The lowest BCUT2D eigenvalue weighted by molar-refractivity contribution is -0.117. The van der Waals surface area contributed by atoms with Crippen molar-refractivity contribution in [2.24, 2.45) is 13.0 Å². The van der Waals surface area contributed by atoms with E-state index in [2.05, 4.69) is 15.6 Å². The fourth-order valence-corrected chi connectivity index (χ4v) is 3.49. The van der Waals surface area contributed by atoms with E-state index >= 15 is 0 Å². The van der Waals surface area contributed by atoms with E-state index in [0.717, 1.165) is 22.9 Å². The molecule has 0 atom stereocenters. The van der Waals surface area contributed by atoms with Crippen LogP contribution in [0.15, 0.2) is 71.0 Å². The molecule has 0 bridgehead atoms. The molecule has 0 aliphatic heterocycles. The molecule has 0 saturated heterocycles. The Bertz CT molecular complexity index is 1010. The van der Waals surface area contributed by atoms with E-state index < -0.39 is 0 Å². The molecule has 1 aromatic heterocycles. The van der Waals surface area contributed by atoms with Gasteiger partial charge in [0.2, 0.25) is 5.91 Å². The van der Waals surface area contributed by atoms with Crippen LogP contribution in [0.5, 0.6) is 0 Å². The zero-order valence-electron chi connectivity index (χ0n) is 15.4. The Morgan fingerprint density at radius 2 is 1.86 bits per heavy atom. The first kappa shape index (κ1) is 18.3. The Morgan fingerprint density at radius 1 is 1.07 bits per heavy atom. The highest BCUT2D eigenvalue weighted by Gasteiger charge is 2.29. The van der Waals surface area contributed by atoms with Crippen LogP contribution in [0.1, 0.15) is 23.2 Å². The van der Waals surface area contributed by atoms with Crippen LogP contribution >= 0.6 is 11.8 Å². The van der Waals surface area contributed by atoms with E-state index in [4.69, 9.17) is 0 Å². The Morgan fingerprint density at radius 3 is 2.54 bits per heavy atom. The van der Waals surface area contributed by atoms with Crippen molar-refractivity contribution in [3.63, 3.8) is 0 Å². The monoisotopic (exact) mass is 392 g/mol. The highest BCUT2D eigenvalue weighted by molar-refractivity contribution is 7.99. The largest absolute Gasteiger partial charge is 0.329 e. The van der Waals surface area contributed by atoms with Crippen molar-refractivity contribution in [1.82, 2.24) is 9.55 Å². The summed E-state index contributed by atoms with van der Waals surface area (Å²) in [4.78, 5) is 29.8. The number of hydrogen-bond donors (Lipinski definition) is 2. The molecule has 2 N–H and O–H groups in total. The maximum Gasteiger partial charge on any atom is 0.255 e. The maximum atomic E-state index is 12.5. The Hall–Kier alpha value is -3.06. The summed E-state index contributed by atoms with van der Waals surface area (Å²) in [5, 5.41) is 6.66. The lowest BCUT2D eigenvalue weighted by Crippen LogP contribution is -2.15. The standard InChI is InChI=1S/C21H20N4O2S/c1-25-12-11-22-21(25)28-18-9-7-16(8-10-18)23-20(27)15-3-2-4-17(13-15)24-19(26)14-5-6-14/h2-4,7-14H,5-6H2,1H3,(H,23,27)(H,24,26). The van der Waals surface area contributed by atoms with Crippen molar-refractivity contribution in [3.8, 4) is 0 Å². The van der Waals surface area contributed by atoms with Gasteiger partial charge in [-0.3, -0.25) is 9.59 Å². The Kier molecular flexibility index (Phi) is 5.16. The molecule has 28 heavy (non-hydrogen) atoms. The zero-order chi connectivity index (χ0) is 19.5. The first-order valence-corrected chi connectivity index (χ1v) is 9.88. The van der Waals surface area contributed by atoms with E-state index in [1.165, 1.54) is 0 Å². The SMILES string of the molecule is Cn1ccnc1Sc1ccc(NC(=O)c2cccc(NC(=O)C3CC3)c2)cc1.